The number of amides is 2. The van der Waals surface area contributed by atoms with Crippen LogP contribution in [-0.2, 0) is 9.59 Å². The lowest BCUT2D eigenvalue weighted by Crippen LogP contribution is -2.50. The summed E-state index contributed by atoms with van der Waals surface area (Å²) in [5.74, 6) is 1.12. The summed E-state index contributed by atoms with van der Waals surface area (Å²) in [5, 5.41) is 6.40. The molecule has 1 aromatic rings. The second kappa shape index (κ2) is 10.6. The third-order valence-corrected chi connectivity index (χ3v) is 5.18. The number of nitrogens with one attached hydrogen (secondary N) is 2. The molecule has 1 atom stereocenters. The highest BCUT2D eigenvalue weighted by Gasteiger charge is 2.26. The van der Waals surface area contributed by atoms with Gasteiger partial charge in [-0.15, -0.1) is 0 Å². The second-order valence-electron chi connectivity index (χ2n) is 6.45. The molecule has 1 aromatic heterocycles. The normalized spacial score (nSPS) is 20.9. The molecule has 1 unspecified atom stereocenters. The molecule has 2 amide bonds. The van der Waals surface area contributed by atoms with Crippen molar-refractivity contribution in [1.29, 1.82) is 0 Å². The highest BCUT2D eigenvalue weighted by molar-refractivity contribution is 7.98. The Morgan fingerprint density at radius 1 is 1.35 bits per heavy atom. The van der Waals surface area contributed by atoms with Gasteiger partial charge in [-0.25, -0.2) is 4.98 Å². The highest BCUT2D eigenvalue weighted by atomic mass is 35.5. The fourth-order valence-electron chi connectivity index (χ4n) is 2.98. The number of aromatic nitrogens is 1. The molecular formula is C18H26ClN3O3S. The van der Waals surface area contributed by atoms with Gasteiger partial charge in [0, 0.05) is 25.2 Å². The van der Waals surface area contributed by atoms with E-state index in [2.05, 4.69) is 15.6 Å². The predicted molar refractivity (Wildman–Crippen MR) is 105 cm³/mol. The average molecular weight is 400 g/mol. The van der Waals surface area contributed by atoms with Gasteiger partial charge >= 0.3 is 0 Å². The predicted octanol–water partition coefficient (Wildman–Crippen LogP) is 2.80. The molecule has 26 heavy (non-hydrogen) atoms. The van der Waals surface area contributed by atoms with Crippen LogP contribution in [0.15, 0.2) is 18.3 Å². The standard InChI is InChI=1S/C18H26ClN3O3S/c1-12(23)21-16(9-10-26-2)18(24)22-14-4-6-15(7-5-14)25-17-8-3-13(19)11-20-17/h3,8,11,14-16H,4-7,9-10H2,1-2H3,(H,21,23)(H,22,24). The van der Waals surface area contributed by atoms with Gasteiger partial charge in [0.15, 0.2) is 0 Å². The van der Waals surface area contributed by atoms with E-state index in [-0.39, 0.29) is 24.0 Å². The monoisotopic (exact) mass is 399 g/mol. The molecule has 0 bridgehead atoms. The number of carbonyl (C=O) groups excluding carboxylic acids is 2. The fraction of sp³-hybridized carbons (Fsp3) is 0.611. The van der Waals surface area contributed by atoms with Gasteiger partial charge < -0.3 is 15.4 Å². The Morgan fingerprint density at radius 2 is 2.08 bits per heavy atom. The van der Waals surface area contributed by atoms with Crippen molar-refractivity contribution in [2.45, 2.75) is 57.2 Å². The molecule has 1 fully saturated rings. The van der Waals surface area contributed by atoms with Gasteiger partial charge in [0.05, 0.1) is 5.02 Å². The maximum atomic E-state index is 12.5. The summed E-state index contributed by atoms with van der Waals surface area (Å²) in [6, 6.07) is 3.17. The van der Waals surface area contributed by atoms with Crippen LogP contribution < -0.4 is 15.4 Å². The largest absolute Gasteiger partial charge is 0.474 e. The van der Waals surface area contributed by atoms with Gasteiger partial charge in [0.25, 0.3) is 0 Å². The number of hydrogen-bond donors (Lipinski definition) is 2. The zero-order valence-corrected chi connectivity index (χ0v) is 16.7. The molecule has 1 saturated carbocycles. The molecule has 1 heterocycles. The van der Waals surface area contributed by atoms with Crippen LogP contribution in [0.4, 0.5) is 0 Å². The number of thioether (sulfide) groups is 1. The first-order chi connectivity index (χ1) is 12.5. The number of hydrogen-bond acceptors (Lipinski definition) is 5. The van der Waals surface area contributed by atoms with E-state index in [0.29, 0.717) is 17.3 Å². The van der Waals surface area contributed by atoms with Crippen molar-refractivity contribution in [3.05, 3.63) is 23.4 Å². The number of carbonyl (C=O) groups is 2. The van der Waals surface area contributed by atoms with E-state index in [1.807, 2.05) is 6.26 Å². The summed E-state index contributed by atoms with van der Waals surface area (Å²) in [5.41, 5.74) is 0. The van der Waals surface area contributed by atoms with Crippen molar-refractivity contribution in [3.63, 3.8) is 0 Å². The van der Waals surface area contributed by atoms with Gasteiger partial charge in [-0.2, -0.15) is 11.8 Å². The number of nitrogens with zero attached hydrogens (tertiary/aromatic N) is 1. The average Bonchev–Trinajstić information content (AvgIpc) is 2.62. The van der Waals surface area contributed by atoms with E-state index in [4.69, 9.17) is 16.3 Å². The Morgan fingerprint density at radius 3 is 2.65 bits per heavy atom. The lowest BCUT2D eigenvalue weighted by Gasteiger charge is -2.30. The maximum absolute atomic E-state index is 12.5. The molecule has 0 saturated heterocycles. The van der Waals surface area contributed by atoms with Gasteiger partial charge in [-0.05, 0) is 50.2 Å². The van der Waals surface area contributed by atoms with Crippen LogP contribution in [0.1, 0.15) is 39.0 Å². The molecule has 0 aromatic carbocycles. The number of ether oxygens (including phenoxy) is 1. The lowest BCUT2D eigenvalue weighted by atomic mass is 9.92. The molecule has 6 nitrogen and oxygen atoms in total. The first-order valence-corrected chi connectivity index (χ1v) is 10.6. The summed E-state index contributed by atoms with van der Waals surface area (Å²) in [6.07, 6.45) is 7.68. The summed E-state index contributed by atoms with van der Waals surface area (Å²) in [7, 11) is 0. The van der Waals surface area contributed by atoms with Crippen molar-refractivity contribution < 1.29 is 14.3 Å². The van der Waals surface area contributed by atoms with Crippen LogP contribution in [-0.4, -0.2) is 47.0 Å². The molecule has 144 valence electrons. The molecule has 1 aliphatic rings. The first kappa shape index (κ1) is 20.8. The van der Waals surface area contributed by atoms with E-state index in [0.717, 1.165) is 31.4 Å². The van der Waals surface area contributed by atoms with Crippen LogP contribution in [0, 0.1) is 0 Å². The fourth-order valence-corrected chi connectivity index (χ4v) is 3.56. The third kappa shape index (κ3) is 7.03. The molecule has 2 N–H and O–H groups in total. The molecule has 0 spiro atoms. The van der Waals surface area contributed by atoms with Crippen molar-refractivity contribution >= 4 is 35.2 Å². The van der Waals surface area contributed by atoms with Gasteiger partial charge in [-0.1, -0.05) is 11.6 Å². The van der Waals surface area contributed by atoms with Crippen LogP contribution in [0.5, 0.6) is 5.88 Å². The number of pyridine rings is 1. The summed E-state index contributed by atoms with van der Waals surface area (Å²) in [4.78, 5) is 27.9. The number of halogens is 1. The Balaban J connectivity index is 1.78. The minimum atomic E-state index is -0.466. The van der Waals surface area contributed by atoms with Crippen LogP contribution in [0.2, 0.25) is 5.02 Å². The smallest absolute Gasteiger partial charge is 0.242 e. The zero-order valence-electron chi connectivity index (χ0n) is 15.2. The topological polar surface area (TPSA) is 80.3 Å². The van der Waals surface area contributed by atoms with Gasteiger partial charge in [0.2, 0.25) is 17.7 Å². The Labute approximate surface area is 163 Å². The molecular weight excluding hydrogens is 374 g/mol. The minimum absolute atomic E-state index is 0.0967. The van der Waals surface area contributed by atoms with Gasteiger partial charge in [-0.3, -0.25) is 9.59 Å². The summed E-state index contributed by atoms with van der Waals surface area (Å²) >= 11 is 7.49. The quantitative estimate of drug-likeness (QED) is 0.702. The minimum Gasteiger partial charge on any atom is -0.474 e. The van der Waals surface area contributed by atoms with Crippen molar-refractivity contribution in [1.82, 2.24) is 15.6 Å². The van der Waals surface area contributed by atoms with Crippen molar-refractivity contribution in [3.8, 4) is 5.88 Å². The Bertz CT molecular complexity index is 592. The highest BCUT2D eigenvalue weighted by Crippen LogP contribution is 2.23. The molecule has 2 rings (SSSR count). The van der Waals surface area contributed by atoms with Crippen molar-refractivity contribution in [2.24, 2.45) is 0 Å². The van der Waals surface area contributed by atoms with E-state index in [1.165, 1.54) is 6.92 Å². The number of rotatable bonds is 8. The van der Waals surface area contributed by atoms with Crippen LogP contribution in [0.3, 0.4) is 0 Å². The Kier molecular flexibility index (Phi) is 8.51. The summed E-state index contributed by atoms with van der Waals surface area (Å²) < 4.78 is 5.87. The van der Waals surface area contributed by atoms with E-state index >= 15 is 0 Å². The third-order valence-electron chi connectivity index (χ3n) is 4.31. The zero-order chi connectivity index (χ0) is 18.9. The van der Waals surface area contributed by atoms with Crippen molar-refractivity contribution in [2.75, 3.05) is 12.0 Å². The lowest BCUT2D eigenvalue weighted by molar-refractivity contribution is -0.128. The van der Waals surface area contributed by atoms with Gasteiger partial charge in [0.1, 0.15) is 12.1 Å². The maximum Gasteiger partial charge on any atom is 0.242 e. The van der Waals surface area contributed by atoms with E-state index in [1.54, 1.807) is 30.1 Å². The van der Waals surface area contributed by atoms with Crippen LogP contribution in [0.25, 0.3) is 0 Å². The van der Waals surface area contributed by atoms with E-state index in [9.17, 15) is 9.59 Å². The first-order valence-electron chi connectivity index (χ1n) is 8.82. The Hall–Kier alpha value is -1.47. The second-order valence-corrected chi connectivity index (χ2v) is 7.87. The molecule has 0 radical (unpaired) electrons. The summed E-state index contributed by atoms with van der Waals surface area (Å²) in [6.45, 7) is 1.44. The molecule has 0 aliphatic heterocycles. The molecule has 1 aliphatic carbocycles. The molecule has 8 heteroatoms. The van der Waals surface area contributed by atoms with E-state index < -0.39 is 6.04 Å². The van der Waals surface area contributed by atoms with Crippen LogP contribution >= 0.6 is 23.4 Å². The SMILES string of the molecule is CSCCC(NC(C)=O)C(=O)NC1CCC(Oc2ccc(Cl)cn2)CC1.